The molecule has 0 bridgehead atoms. The van der Waals surface area contributed by atoms with Gasteiger partial charge in [-0.1, -0.05) is 0 Å². The maximum absolute atomic E-state index is 13.5. The van der Waals surface area contributed by atoms with Gasteiger partial charge in [0.25, 0.3) is 0 Å². The molecule has 0 fully saturated rings. The molecule has 0 saturated heterocycles. The minimum absolute atomic E-state index is 0.174. The Hall–Kier alpha value is -1.95. The molecule has 3 nitrogen and oxygen atoms in total. The van der Waals surface area contributed by atoms with Crippen LogP contribution in [0.1, 0.15) is 11.1 Å². The lowest BCUT2D eigenvalue weighted by Crippen LogP contribution is -2.36. The van der Waals surface area contributed by atoms with Gasteiger partial charge in [0, 0.05) is 25.7 Å². The van der Waals surface area contributed by atoms with E-state index in [2.05, 4.69) is 15.6 Å². The molecule has 0 aliphatic carbocycles. The minimum atomic E-state index is -0.454. The molecule has 20 heavy (non-hydrogen) atoms. The smallest absolute Gasteiger partial charge is 0.191 e. The number of hydrogen-bond acceptors (Lipinski definition) is 2. The summed E-state index contributed by atoms with van der Waals surface area (Å²) >= 11 is 1.62. The number of thiophene rings is 1. The predicted molar refractivity (Wildman–Crippen MR) is 77.7 cm³/mol. The van der Waals surface area contributed by atoms with Gasteiger partial charge in [0.2, 0.25) is 0 Å². The molecule has 6 heteroatoms. The van der Waals surface area contributed by atoms with E-state index in [0.717, 1.165) is 17.7 Å². The summed E-state index contributed by atoms with van der Waals surface area (Å²) in [7, 11) is 1.63. The summed E-state index contributed by atoms with van der Waals surface area (Å²) in [6.07, 6.45) is 0. The zero-order valence-electron chi connectivity index (χ0n) is 11.0. The van der Waals surface area contributed by atoms with E-state index in [1.807, 2.05) is 16.8 Å². The second kappa shape index (κ2) is 7.00. The average Bonchev–Trinajstić information content (AvgIpc) is 2.96. The summed E-state index contributed by atoms with van der Waals surface area (Å²) in [5, 5.41) is 10.1. The minimum Gasteiger partial charge on any atom is -0.352 e. The van der Waals surface area contributed by atoms with Crippen LogP contribution in [0.4, 0.5) is 8.78 Å². The van der Waals surface area contributed by atoms with Crippen LogP contribution in [0.2, 0.25) is 0 Å². The zero-order chi connectivity index (χ0) is 14.4. The molecule has 0 amide bonds. The molecule has 0 aliphatic heterocycles. The first-order chi connectivity index (χ1) is 9.69. The highest BCUT2D eigenvalue weighted by atomic mass is 32.1. The van der Waals surface area contributed by atoms with E-state index in [-0.39, 0.29) is 12.1 Å². The first-order valence-electron chi connectivity index (χ1n) is 6.08. The van der Waals surface area contributed by atoms with Crippen LogP contribution in [-0.2, 0) is 13.1 Å². The van der Waals surface area contributed by atoms with Crippen LogP contribution < -0.4 is 10.6 Å². The Balaban J connectivity index is 1.89. The summed E-state index contributed by atoms with van der Waals surface area (Å²) in [6.45, 7) is 0.807. The van der Waals surface area contributed by atoms with Crippen LogP contribution in [-0.4, -0.2) is 13.0 Å². The molecule has 0 radical (unpaired) electrons. The van der Waals surface area contributed by atoms with Crippen molar-refractivity contribution in [2.24, 2.45) is 4.99 Å². The molecular weight excluding hydrogens is 280 g/mol. The largest absolute Gasteiger partial charge is 0.352 e. The molecule has 2 N–H and O–H groups in total. The van der Waals surface area contributed by atoms with Crippen LogP contribution >= 0.6 is 11.3 Å². The highest BCUT2D eigenvalue weighted by molar-refractivity contribution is 7.07. The number of benzene rings is 1. The molecule has 0 aliphatic rings. The lowest BCUT2D eigenvalue weighted by molar-refractivity contribution is 0.581. The van der Waals surface area contributed by atoms with Crippen molar-refractivity contribution in [3.8, 4) is 0 Å². The van der Waals surface area contributed by atoms with E-state index in [4.69, 9.17) is 0 Å². The number of nitrogens with one attached hydrogen (secondary N) is 2. The number of hydrogen-bond donors (Lipinski definition) is 2. The Kier molecular flexibility index (Phi) is 5.06. The van der Waals surface area contributed by atoms with Crippen molar-refractivity contribution >= 4 is 17.3 Å². The molecule has 2 rings (SSSR count). The quantitative estimate of drug-likeness (QED) is 0.672. The predicted octanol–water partition coefficient (Wildman–Crippen LogP) is 2.89. The third kappa shape index (κ3) is 4.03. The molecular formula is C14H15F2N3S. The van der Waals surface area contributed by atoms with Gasteiger partial charge in [-0.15, -0.1) is 0 Å². The van der Waals surface area contributed by atoms with Crippen molar-refractivity contribution in [2.75, 3.05) is 7.05 Å². The van der Waals surface area contributed by atoms with E-state index < -0.39 is 11.6 Å². The van der Waals surface area contributed by atoms with Crippen molar-refractivity contribution in [1.82, 2.24) is 10.6 Å². The summed E-state index contributed by atoms with van der Waals surface area (Å²) in [5.74, 6) is -0.350. The molecule has 1 aromatic heterocycles. The summed E-state index contributed by atoms with van der Waals surface area (Å²) in [5.41, 5.74) is 1.42. The first-order valence-corrected chi connectivity index (χ1v) is 7.03. The van der Waals surface area contributed by atoms with Gasteiger partial charge in [-0.05, 0) is 40.6 Å². The second-order valence-corrected chi connectivity index (χ2v) is 4.93. The fourth-order valence-corrected chi connectivity index (χ4v) is 2.33. The zero-order valence-corrected chi connectivity index (χ0v) is 11.8. The maximum atomic E-state index is 13.5. The SMILES string of the molecule is CN=C(NCc1ccsc1)NCc1cc(F)ccc1F. The second-order valence-electron chi connectivity index (χ2n) is 4.15. The van der Waals surface area contributed by atoms with Gasteiger partial charge in [0.1, 0.15) is 11.6 Å². The fourth-order valence-electron chi connectivity index (χ4n) is 1.66. The van der Waals surface area contributed by atoms with E-state index in [0.29, 0.717) is 12.5 Å². The Bertz CT molecular complexity index is 582. The molecule has 1 aromatic carbocycles. The Morgan fingerprint density at radius 3 is 2.70 bits per heavy atom. The van der Waals surface area contributed by atoms with E-state index >= 15 is 0 Å². The van der Waals surface area contributed by atoms with E-state index in [9.17, 15) is 8.78 Å². The topological polar surface area (TPSA) is 36.4 Å². The van der Waals surface area contributed by atoms with Crippen molar-refractivity contribution < 1.29 is 8.78 Å². The van der Waals surface area contributed by atoms with Crippen molar-refractivity contribution in [3.05, 3.63) is 57.8 Å². The Morgan fingerprint density at radius 1 is 1.20 bits per heavy atom. The van der Waals surface area contributed by atoms with E-state index in [1.165, 1.54) is 6.07 Å². The number of guanidine groups is 1. The van der Waals surface area contributed by atoms with Gasteiger partial charge in [0.15, 0.2) is 5.96 Å². The first kappa shape index (κ1) is 14.5. The lowest BCUT2D eigenvalue weighted by atomic mass is 10.2. The summed E-state index contributed by atoms with van der Waals surface area (Å²) in [6, 6.07) is 5.40. The van der Waals surface area contributed by atoms with Crippen LogP contribution in [0.15, 0.2) is 40.0 Å². The van der Waals surface area contributed by atoms with Gasteiger partial charge < -0.3 is 10.6 Å². The maximum Gasteiger partial charge on any atom is 0.191 e. The molecule has 106 valence electrons. The molecule has 1 heterocycles. The Morgan fingerprint density at radius 2 is 2.00 bits per heavy atom. The van der Waals surface area contributed by atoms with Crippen molar-refractivity contribution in [1.29, 1.82) is 0 Å². The molecule has 2 aromatic rings. The summed E-state index contributed by atoms with van der Waals surface area (Å²) in [4.78, 5) is 4.04. The number of aliphatic imine (C=N–C) groups is 1. The van der Waals surface area contributed by atoms with Crippen LogP contribution in [0, 0.1) is 11.6 Å². The number of halogens is 2. The molecule has 0 atom stereocenters. The van der Waals surface area contributed by atoms with Crippen molar-refractivity contribution in [2.45, 2.75) is 13.1 Å². The lowest BCUT2D eigenvalue weighted by Gasteiger charge is -2.11. The highest BCUT2D eigenvalue weighted by Crippen LogP contribution is 2.09. The summed E-state index contributed by atoms with van der Waals surface area (Å²) < 4.78 is 26.5. The van der Waals surface area contributed by atoms with Gasteiger partial charge in [-0.3, -0.25) is 4.99 Å². The fraction of sp³-hybridized carbons (Fsp3) is 0.214. The van der Waals surface area contributed by atoms with E-state index in [1.54, 1.807) is 18.4 Å². The normalized spacial score (nSPS) is 11.4. The van der Waals surface area contributed by atoms with Gasteiger partial charge in [0.05, 0.1) is 0 Å². The molecule has 0 saturated carbocycles. The standard InChI is InChI=1S/C14H15F2N3S/c1-17-14(18-7-10-4-5-20-9-10)19-8-11-6-12(15)2-3-13(11)16/h2-6,9H,7-8H2,1H3,(H2,17,18,19). The van der Waals surface area contributed by atoms with Crippen LogP contribution in [0.3, 0.4) is 0 Å². The van der Waals surface area contributed by atoms with Gasteiger partial charge in [-0.2, -0.15) is 11.3 Å². The molecule has 0 unspecified atom stereocenters. The van der Waals surface area contributed by atoms with Gasteiger partial charge >= 0.3 is 0 Å². The highest BCUT2D eigenvalue weighted by Gasteiger charge is 2.05. The number of rotatable bonds is 4. The third-order valence-electron chi connectivity index (χ3n) is 2.72. The van der Waals surface area contributed by atoms with Crippen molar-refractivity contribution in [3.63, 3.8) is 0 Å². The van der Waals surface area contributed by atoms with Crippen LogP contribution in [0.25, 0.3) is 0 Å². The average molecular weight is 295 g/mol. The molecule has 0 spiro atoms. The third-order valence-corrected chi connectivity index (χ3v) is 3.45. The van der Waals surface area contributed by atoms with Gasteiger partial charge in [-0.25, -0.2) is 8.78 Å². The monoisotopic (exact) mass is 295 g/mol. The number of nitrogens with zero attached hydrogens (tertiary/aromatic N) is 1. The Labute approximate surface area is 120 Å². The van der Waals surface area contributed by atoms with Crippen LogP contribution in [0.5, 0.6) is 0 Å².